The number of nitrogens with one attached hydrogen (secondary N) is 1. The molecular weight excluding hydrogens is 584 g/mol. The summed E-state index contributed by atoms with van der Waals surface area (Å²) in [6.07, 6.45) is 4.01. The van der Waals surface area contributed by atoms with Crippen LogP contribution in [0.2, 0.25) is 0 Å². The summed E-state index contributed by atoms with van der Waals surface area (Å²) in [5, 5.41) is 8.97. The third kappa shape index (κ3) is 5.14. The van der Waals surface area contributed by atoms with Crippen molar-refractivity contribution in [1.82, 2.24) is 9.55 Å². The maximum absolute atomic E-state index is 13.8. The zero-order chi connectivity index (χ0) is 25.4. The number of hydrogen-bond donors (Lipinski definition) is 2. The van der Waals surface area contributed by atoms with Crippen molar-refractivity contribution in [2.45, 2.75) is 35.7 Å². The van der Waals surface area contributed by atoms with Crippen molar-refractivity contribution >= 4 is 70.9 Å². The molecule has 0 atom stereocenters. The van der Waals surface area contributed by atoms with E-state index in [1.807, 2.05) is 24.3 Å². The number of carbonyl (C=O) groups excluding carboxylic acids is 1. The number of halogens is 1. The van der Waals surface area contributed by atoms with Crippen molar-refractivity contribution in [2.24, 2.45) is 5.14 Å². The number of sulfonamides is 1. The molecule has 1 aliphatic rings. The first-order chi connectivity index (χ1) is 17.2. The Kier molecular flexibility index (Phi) is 7.05. The molecule has 8 nitrogen and oxygen atoms in total. The van der Waals surface area contributed by atoms with Gasteiger partial charge in [-0.25, -0.2) is 18.5 Å². The quantitative estimate of drug-likeness (QED) is 0.247. The van der Waals surface area contributed by atoms with Gasteiger partial charge in [-0.3, -0.25) is 14.2 Å². The van der Waals surface area contributed by atoms with E-state index in [0.717, 1.165) is 35.7 Å². The number of amides is 1. The molecule has 5 rings (SSSR count). The molecule has 0 radical (unpaired) electrons. The summed E-state index contributed by atoms with van der Waals surface area (Å²) in [6.45, 7) is 0. The molecule has 2 heterocycles. The number of thioether (sulfide) groups is 1. The van der Waals surface area contributed by atoms with Crippen molar-refractivity contribution in [3.05, 3.63) is 73.8 Å². The fraction of sp³-hybridized carbons (Fsp3) is 0.208. The number of aryl methyl sites for hydroxylation is 2. The lowest BCUT2D eigenvalue weighted by molar-refractivity contribution is -0.113. The summed E-state index contributed by atoms with van der Waals surface area (Å²) in [7, 11) is -3.81. The molecule has 0 saturated carbocycles. The molecule has 2 aromatic heterocycles. The van der Waals surface area contributed by atoms with Gasteiger partial charge in [-0.15, -0.1) is 11.3 Å². The van der Waals surface area contributed by atoms with Gasteiger partial charge in [0.05, 0.1) is 21.7 Å². The van der Waals surface area contributed by atoms with Gasteiger partial charge in [-0.05, 0) is 79.8 Å². The van der Waals surface area contributed by atoms with Crippen LogP contribution >= 0.6 is 39.0 Å². The highest BCUT2D eigenvalue weighted by Gasteiger charge is 2.23. The van der Waals surface area contributed by atoms with Crippen LogP contribution in [0.25, 0.3) is 15.9 Å². The van der Waals surface area contributed by atoms with E-state index in [2.05, 4.69) is 21.2 Å². The summed E-state index contributed by atoms with van der Waals surface area (Å²) in [4.78, 5) is 33.2. The molecule has 0 aliphatic heterocycles. The van der Waals surface area contributed by atoms with E-state index < -0.39 is 10.0 Å². The molecule has 0 fully saturated rings. The van der Waals surface area contributed by atoms with Gasteiger partial charge in [-0.1, -0.05) is 27.7 Å². The van der Waals surface area contributed by atoms with E-state index >= 15 is 0 Å². The lowest BCUT2D eigenvalue weighted by Gasteiger charge is -2.14. The van der Waals surface area contributed by atoms with Crippen LogP contribution in [0.5, 0.6) is 0 Å². The van der Waals surface area contributed by atoms with Gasteiger partial charge in [-0.2, -0.15) is 0 Å². The fourth-order valence-electron chi connectivity index (χ4n) is 4.16. The third-order valence-electron chi connectivity index (χ3n) is 5.84. The number of carbonyl (C=O) groups is 1. The number of primary sulfonamides is 1. The number of fused-ring (bicyclic) bond motifs is 3. The second kappa shape index (κ2) is 10.1. The zero-order valence-corrected chi connectivity index (χ0v) is 22.9. The first kappa shape index (κ1) is 25.2. The maximum Gasteiger partial charge on any atom is 0.267 e. The Bertz CT molecular complexity index is 1630. The zero-order valence-electron chi connectivity index (χ0n) is 18.9. The van der Waals surface area contributed by atoms with Crippen molar-refractivity contribution in [3.63, 3.8) is 0 Å². The summed E-state index contributed by atoms with van der Waals surface area (Å²) < 4.78 is 25.3. The minimum atomic E-state index is -3.81. The molecule has 36 heavy (non-hydrogen) atoms. The number of benzene rings is 2. The van der Waals surface area contributed by atoms with E-state index in [1.54, 1.807) is 15.9 Å². The second-order valence-corrected chi connectivity index (χ2v) is 12.8. The van der Waals surface area contributed by atoms with E-state index in [0.29, 0.717) is 26.7 Å². The van der Waals surface area contributed by atoms with Gasteiger partial charge in [0.15, 0.2) is 5.16 Å². The van der Waals surface area contributed by atoms with Crippen molar-refractivity contribution in [2.75, 3.05) is 11.1 Å². The average Bonchev–Trinajstić information content (AvgIpc) is 3.22. The van der Waals surface area contributed by atoms with Crippen molar-refractivity contribution < 1.29 is 13.2 Å². The second-order valence-electron chi connectivity index (χ2n) is 8.31. The van der Waals surface area contributed by atoms with E-state index in [1.165, 1.54) is 40.9 Å². The SMILES string of the molecule is NS(=O)(=O)c1ccc(NC(=O)CSc2nc3sc4c(c3c(=O)n2-c2ccc(Br)cc2)CCCC4)cc1. The van der Waals surface area contributed by atoms with Gasteiger partial charge >= 0.3 is 0 Å². The Balaban J connectivity index is 1.46. The highest BCUT2D eigenvalue weighted by Crippen LogP contribution is 2.35. The lowest BCUT2D eigenvalue weighted by Crippen LogP contribution is -2.23. The number of anilines is 1. The summed E-state index contributed by atoms with van der Waals surface area (Å²) in [5.74, 6) is -0.304. The molecule has 1 aliphatic carbocycles. The highest BCUT2D eigenvalue weighted by molar-refractivity contribution is 9.10. The topological polar surface area (TPSA) is 124 Å². The molecule has 2 aromatic carbocycles. The predicted molar refractivity (Wildman–Crippen MR) is 147 cm³/mol. The monoisotopic (exact) mass is 604 g/mol. The van der Waals surface area contributed by atoms with Crippen molar-refractivity contribution in [1.29, 1.82) is 0 Å². The standard InChI is InChI=1S/C24H21BrN4O4S3/c25-14-5-9-16(10-6-14)29-23(31)21-18-3-1-2-4-19(18)35-22(21)28-24(29)34-13-20(30)27-15-7-11-17(12-8-15)36(26,32)33/h5-12H,1-4,13H2,(H,27,30)(H2,26,32,33). The number of aromatic nitrogens is 2. The van der Waals surface area contributed by atoms with Crippen LogP contribution < -0.4 is 16.0 Å². The lowest BCUT2D eigenvalue weighted by atomic mass is 9.97. The summed E-state index contributed by atoms with van der Waals surface area (Å²) in [5.41, 5.74) is 2.10. The minimum absolute atomic E-state index is 0.0104. The molecule has 0 spiro atoms. The molecule has 186 valence electrons. The van der Waals surface area contributed by atoms with Gasteiger partial charge < -0.3 is 5.32 Å². The van der Waals surface area contributed by atoms with Crippen LogP contribution in [-0.4, -0.2) is 29.6 Å². The van der Waals surface area contributed by atoms with Crippen LogP contribution in [0, 0.1) is 0 Å². The molecule has 1 amide bonds. The number of rotatable bonds is 6. The number of nitrogens with zero attached hydrogens (tertiary/aromatic N) is 2. The van der Waals surface area contributed by atoms with Gasteiger partial charge in [0, 0.05) is 15.0 Å². The molecule has 0 bridgehead atoms. The Hall–Kier alpha value is -2.51. The average molecular weight is 606 g/mol. The normalized spacial score (nSPS) is 13.5. The van der Waals surface area contributed by atoms with Gasteiger partial charge in [0.2, 0.25) is 15.9 Å². The highest BCUT2D eigenvalue weighted by atomic mass is 79.9. The Morgan fingerprint density at radius 1 is 1.11 bits per heavy atom. The van der Waals surface area contributed by atoms with E-state index in [9.17, 15) is 18.0 Å². The van der Waals surface area contributed by atoms with Crippen LogP contribution in [0.3, 0.4) is 0 Å². The first-order valence-corrected chi connectivity index (χ1v) is 15.2. The molecule has 0 saturated heterocycles. The largest absolute Gasteiger partial charge is 0.325 e. The third-order valence-corrected chi connectivity index (χ3v) is 9.42. The van der Waals surface area contributed by atoms with Gasteiger partial charge in [0.25, 0.3) is 5.56 Å². The van der Waals surface area contributed by atoms with E-state index in [-0.39, 0.29) is 22.1 Å². The van der Waals surface area contributed by atoms with E-state index in [4.69, 9.17) is 10.1 Å². The van der Waals surface area contributed by atoms with Crippen molar-refractivity contribution in [3.8, 4) is 5.69 Å². The molecule has 4 aromatic rings. The van der Waals surface area contributed by atoms with Crippen LogP contribution in [-0.2, 0) is 27.7 Å². The Morgan fingerprint density at radius 2 is 1.81 bits per heavy atom. The molecule has 3 N–H and O–H groups in total. The Morgan fingerprint density at radius 3 is 2.50 bits per heavy atom. The maximum atomic E-state index is 13.8. The molecule has 0 unspecified atom stereocenters. The fourth-order valence-corrected chi connectivity index (χ4v) is 7.05. The Labute approximate surface area is 224 Å². The number of thiophene rings is 1. The first-order valence-electron chi connectivity index (χ1n) is 11.1. The van der Waals surface area contributed by atoms with Crippen LogP contribution in [0.1, 0.15) is 23.3 Å². The minimum Gasteiger partial charge on any atom is -0.325 e. The number of nitrogens with two attached hydrogens (primary N) is 1. The number of hydrogen-bond acceptors (Lipinski definition) is 7. The van der Waals surface area contributed by atoms with Crippen LogP contribution in [0.15, 0.2) is 67.9 Å². The predicted octanol–water partition coefficient (Wildman–Crippen LogP) is 4.47. The van der Waals surface area contributed by atoms with Crippen LogP contribution in [0.4, 0.5) is 5.69 Å². The summed E-state index contributed by atoms with van der Waals surface area (Å²) in [6, 6.07) is 13.0. The molecule has 12 heteroatoms. The van der Waals surface area contributed by atoms with Gasteiger partial charge in [0.1, 0.15) is 4.83 Å². The summed E-state index contributed by atoms with van der Waals surface area (Å²) >= 11 is 6.18. The smallest absolute Gasteiger partial charge is 0.267 e. The molecular formula is C24H21BrN4O4S3.